The monoisotopic (exact) mass is 475 g/mol. The molecule has 2 aromatic carbocycles. The van der Waals surface area contributed by atoms with Crippen LogP contribution >= 0.6 is 0 Å². The van der Waals surface area contributed by atoms with Crippen LogP contribution in [0.25, 0.3) is 22.5 Å². The molecule has 0 saturated carbocycles. The molecule has 0 unspecified atom stereocenters. The van der Waals surface area contributed by atoms with Crippen LogP contribution in [0.5, 0.6) is 11.5 Å². The molecular weight excluding hydrogens is 446 g/mol. The van der Waals surface area contributed by atoms with E-state index in [9.17, 15) is 5.11 Å². The third-order valence-electron chi connectivity index (χ3n) is 5.25. The van der Waals surface area contributed by atoms with Crippen molar-refractivity contribution in [2.45, 2.75) is 39.0 Å². The number of pyridine rings is 1. The summed E-state index contributed by atoms with van der Waals surface area (Å²) >= 11 is 0. The number of phenolic OH excluding ortho intramolecular Hbond substituents is 1. The number of phenols is 1. The maximum atomic E-state index is 10.1. The van der Waals surface area contributed by atoms with Crippen molar-refractivity contribution >= 4 is 8.07 Å². The van der Waals surface area contributed by atoms with E-state index in [1.54, 1.807) is 35.3 Å². The summed E-state index contributed by atoms with van der Waals surface area (Å²) < 4.78 is 13.5. The Morgan fingerprint density at radius 3 is 2.56 bits per heavy atom. The lowest BCUT2D eigenvalue weighted by atomic mass is 10.0. The lowest BCUT2D eigenvalue weighted by Gasteiger charge is -2.15. The maximum absolute atomic E-state index is 10.1. The van der Waals surface area contributed by atoms with Crippen LogP contribution in [0.4, 0.5) is 0 Å². The predicted molar refractivity (Wildman–Crippen MR) is 133 cm³/mol. The molecule has 0 aliphatic heterocycles. The highest BCUT2D eigenvalue weighted by Gasteiger charge is 2.15. The molecule has 1 N–H and O–H groups in total. The van der Waals surface area contributed by atoms with E-state index in [1.807, 2.05) is 36.4 Å². The van der Waals surface area contributed by atoms with E-state index >= 15 is 0 Å². The summed E-state index contributed by atoms with van der Waals surface area (Å²) in [5.41, 5.74) is 3.32. The first-order valence-corrected chi connectivity index (χ1v) is 14.9. The van der Waals surface area contributed by atoms with Gasteiger partial charge in [0.1, 0.15) is 24.8 Å². The molecule has 0 bridgehead atoms. The van der Waals surface area contributed by atoms with Crippen LogP contribution in [0.2, 0.25) is 25.7 Å². The van der Waals surface area contributed by atoms with E-state index in [0.717, 1.165) is 28.3 Å². The zero-order chi connectivity index (χ0) is 24.0. The molecular formula is C25H29N5O3Si. The number of benzene rings is 2. The largest absolute Gasteiger partial charge is 0.508 e. The molecule has 2 aromatic heterocycles. The molecule has 0 fully saturated rings. The van der Waals surface area contributed by atoms with Crippen LogP contribution in [0.15, 0.2) is 67.0 Å². The lowest BCUT2D eigenvalue weighted by molar-refractivity contribution is 0.0784. The van der Waals surface area contributed by atoms with Crippen molar-refractivity contribution in [1.29, 1.82) is 0 Å². The molecule has 176 valence electrons. The number of hydrogen-bond donors (Lipinski definition) is 1. The van der Waals surface area contributed by atoms with Gasteiger partial charge in [-0.2, -0.15) is 4.68 Å². The fourth-order valence-corrected chi connectivity index (χ4v) is 4.10. The van der Waals surface area contributed by atoms with Gasteiger partial charge in [0.25, 0.3) is 0 Å². The fraction of sp³-hybridized carbons (Fsp3) is 0.280. The molecule has 0 aliphatic rings. The van der Waals surface area contributed by atoms with Crippen molar-refractivity contribution in [3.05, 3.63) is 72.6 Å². The predicted octanol–water partition coefficient (Wildman–Crippen LogP) is 5.00. The molecule has 0 radical (unpaired) electrons. The average molecular weight is 476 g/mol. The van der Waals surface area contributed by atoms with Crippen LogP contribution in [0, 0.1) is 0 Å². The zero-order valence-electron chi connectivity index (χ0n) is 19.7. The SMILES string of the molecule is C[Si](C)(C)CCOCn1nnnc1-c1cncc(-c2cc(O)ccc2OCc2ccccc2)c1. The number of rotatable bonds is 10. The first kappa shape index (κ1) is 23.6. The molecule has 0 atom stereocenters. The highest BCUT2D eigenvalue weighted by Crippen LogP contribution is 2.35. The molecule has 0 saturated heterocycles. The molecule has 9 heteroatoms. The number of nitrogens with zero attached hydrogens (tertiary/aromatic N) is 5. The zero-order valence-corrected chi connectivity index (χ0v) is 20.7. The van der Waals surface area contributed by atoms with Gasteiger partial charge in [-0.15, -0.1) is 5.10 Å². The van der Waals surface area contributed by atoms with E-state index in [1.165, 1.54) is 0 Å². The van der Waals surface area contributed by atoms with E-state index in [4.69, 9.17) is 9.47 Å². The van der Waals surface area contributed by atoms with Gasteiger partial charge in [0.05, 0.1) is 0 Å². The Morgan fingerprint density at radius 2 is 1.76 bits per heavy atom. The highest BCUT2D eigenvalue weighted by atomic mass is 28.3. The third kappa shape index (κ3) is 6.27. The molecule has 4 rings (SSSR count). The highest BCUT2D eigenvalue weighted by molar-refractivity contribution is 6.76. The normalized spacial score (nSPS) is 11.5. The van der Waals surface area contributed by atoms with Gasteiger partial charge in [0.15, 0.2) is 5.82 Å². The Hall–Kier alpha value is -3.56. The maximum Gasteiger partial charge on any atom is 0.185 e. The van der Waals surface area contributed by atoms with Crippen molar-refractivity contribution in [1.82, 2.24) is 25.2 Å². The van der Waals surface area contributed by atoms with Crippen molar-refractivity contribution in [3.63, 3.8) is 0 Å². The Bertz CT molecular complexity index is 1220. The van der Waals surface area contributed by atoms with Gasteiger partial charge >= 0.3 is 0 Å². The van der Waals surface area contributed by atoms with Gasteiger partial charge in [-0.1, -0.05) is 50.0 Å². The Labute approximate surface area is 200 Å². The third-order valence-corrected chi connectivity index (χ3v) is 6.95. The van der Waals surface area contributed by atoms with Crippen LogP contribution in [-0.4, -0.2) is 45.0 Å². The van der Waals surface area contributed by atoms with Crippen molar-refractivity contribution in [3.8, 4) is 34.0 Å². The molecule has 4 aromatic rings. The van der Waals surface area contributed by atoms with E-state index in [2.05, 4.69) is 40.2 Å². The first-order chi connectivity index (χ1) is 16.4. The Kier molecular flexibility index (Phi) is 7.34. The fourth-order valence-electron chi connectivity index (χ4n) is 3.34. The second-order valence-corrected chi connectivity index (χ2v) is 14.9. The second kappa shape index (κ2) is 10.6. The number of tetrazole rings is 1. The topological polar surface area (TPSA) is 95.2 Å². The van der Waals surface area contributed by atoms with Crippen molar-refractivity contribution in [2.75, 3.05) is 6.61 Å². The Balaban J connectivity index is 1.55. The minimum atomic E-state index is -1.17. The lowest BCUT2D eigenvalue weighted by Crippen LogP contribution is -2.22. The van der Waals surface area contributed by atoms with Gasteiger partial charge in [-0.25, -0.2) is 0 Å². The van der Waals surface area contributed by atoms with E-state index < -0.39 is 8.07 Å². The number of aromatic nitrogens is 5. The van der Waals surface area contributed by atoms with Gasteiger partial charge < -0.3 is 14.6 Å². The molecule has 0 amide bonds. The van der Waals surface area contributed by atoms with E-state index in [0.29, 0.717) is 24.8 Å². The minimum Gasteiger partial charge on any atom is -0.508 e. The minimum absolute atomic E-state index is 0.146. The van der Waals surface area contributed by atoms with Gasteiger partial charge in [-0.3, -0.25) is 4.98 Å². The summed E-state index contributed by atoms with van der Waals surface area (Å²) in [6.07, 6.45) is 3.44. The summed E-state index contributed by atoms with van der Waals surface area (Å²) in [6.45, 7) is 8.31. The molecule has 0 spiro atoms. The van der Waals surface area contributed by atoms with Crippen LogP contribution in [-0.2, 0) is 18.1 Å². The van der Waals surface area contributed by atoms with Crippen LogP contribution in [0.3, 0.4) is 0 Å². The molecule has 0 aliphatic carbocycles. The smallest absolute Gasteiger partial charge is 0.185 e. The van der Waals surface area contributed by atoms with Gasteiger partial charge in [-0.05, 0) is 46.3 Å². The Morgan fingerprint density at radius 1 is 0.971 bits per heavy atom. The molecule has 34 heavy (non-hydrogen) atoms. The van der Waals surface area contributed by atoms with Gasteiger partial charge in [0.2, 0.25) is 0 Å². The van der Waals surface area contributed by atoms with E-state index in [-0.39, 0.29) is 12.5 Å². The van der Waals surface area contributed by atoms with Crippen LogP contribution < -0.4 is 4.74 Å². The summed E-state index contributed by atoms with van der Waals surface area (Å²) in [4.78, 5) is 4.39. The first-order valence-electron chi connectivity index (χ1n) is 11.2. The second-order valence-electron chi connectivity index (χ2n) is 9.27. The molecule has 2 heterocycles. The summed E-state index contributed by atoms with van der Waals surface area (Å²) in [7, 11) is -1.17. The quantitative estimate of drug-likeness (QED) is 0.255. The summed E-state index contributed by atoms with van der Waals surface area (Å²) in [5, 5.41) is 22.2. The van der Waals surface area contributed by atoms with Crippen molar-refractivity contribution in [2.24, 2.45) is 0 Å². The summed E-state index contributed by atoms with van der Waals surface area (Å²) in [6, 6.07) is 18.0. The van der Waals surface area contributed by atoms with Crippen LogP contribution in [0.1, 0.15) is 5.56 Å². The number of ether oxygens (including phenoxy) is 2. The summed E-state index contributed by atoms with van der Waals surface area (Å²) in [5.74, 6) is 1.36. The molecule has 8 nitrogen and oxygen atoms in total. The number of aromatic hydroxyl groups is 1. The number of hydrogen-bond acceptors (Lipinski definition) is 7. The average Bonchev–Trinajstić information content (AvgIpc) is 3.30. The van der Waals surface area contributed by atoms with Gasteiger partial charge in [0, 0.05) is 43.8 Å². The van der Waals surface area contributed by atoms with Crippen molar-refractivity contribution < 1.29 is 14.6 Å². The standard InChI is InChI=1S/C25H29N5O3Si/c1-34(2,3)12-11-32-18-30-25(27-28-29-30)21-13-20(15-26-16-21)23-14-22(31)9-10-24(23)33-17-19-7-5-4-6-8-19/h4-10,13-16,31H,11-12,17-18H2,1-3H3.